The van der Waals surface area contributed by atoms with Crippen LogP contribution in [0.1, 0.15) is 217 Å². The van der Waals surface area contributed by atoms with Crippen molar-refractivity contribution in [2.24, 2.45) is 0 Å². The summed E-state index contributed by atoms with van der Waals surface area (Å²) in [5, 5.41) is 5.32. The first-order valence-corrected chi connectivity index (χ1v) is 41.2. The molecule has 2 aliphatic carbocycles. The molecule has 8 aliphatic rings. The second-order valence-corrected chi connectivity index (χ2v) is 33.4. The molecule has 634 valence electrons. The molecule has 1 saturated heterocycles. The molecule has 2 amide bonds. The van der Waals surface area contributed by atoms with Crippen LogP contribution in [0.5, 0.6) is 0 Å². The molecular weight excluding hydrogens is 1530 g/mol. The van der Waals surface area contributed by atoms with Crippen molar-refractivity contribution in [1.82, 2.24) is 14.6 Å². The van der Waals surface area contributed by atoms with Gasteiger partial charge < -0.3 is 33.5 Å². The third-order valence-electron chi connectivity index (χ3n) is 24.3. The van der Waals surface area contributed by atoms with Crippen LogP contribution in [-0.2, 0) is 41.2 Å². The minimum atomic E-state index is -0.305. The second kappa shape index (κ2) is 37.5. The van der Waals surface area contributed by atoms with Gasteiger partial charge in [0, 0.05) is 122 Å². The maximum Gasteiger partial charge on any atom is 0.278 e. The van der Waals surface area contributed by atoms with Crippen LogP contribution in [0.2, 0.25) is 0 Å². The molecule has 0 N–H and O–H groups in total. The van der Waals surface area contributed by atoms with Crippen LogP contribution in [-0.4, -0.2) is 97.4 Å². The minimum absolute atomic E-state index is 0. The summed E-state index contributed by atoms with van der Waals surface area (Å²) in [5.74, 6) is 2.55. The van der Waals surface area contributed by atoms with E-state index in [1.54, 1.807) is 99.1 Å². The molecule has 7 heterocycles. The monoisotopic (exact) mass is 1640 g/mol. The Morgan fingerprint density at radius 3 is 1.20 bits per heavy atom. The van der Waals surface area contributed by atoms with E-state index in [4.69, 9.17) is 14.2 Å². The molecule has 6 aliphatic heterocycles. The van der Waals surface area contributed by atoms with Gasteiger partial charge in [-0.15, -0.1) is 0 Å². The first kappa shape index (κ1) is 90.6. The first-order chi connectivity index (χ1) is 57.1. The Morgan fingerprint density at radius 2 is 0.805 bits per heavy atom. The van der Waals surface area contributed by atoms with E-state index in [0.29, 0.717) is 85.5 Å². The number of hydrazine groups is 1. The number of aromatic nitrogens is 1. The predicted octanol–water partition coefficient (Wildman–Crippen LogP) is 24.5. The topological polar surface area (TPSA) is 151 Å². The van der Waals surface area contributed by atoms with Crippen molar-refractivity contribution in [1.29, 1.82) is 0 Å². The molecule has 1 fully saturated rings. The van der Waals surface area contributed by atoms with Crippen molar-refractivity contribution in [3.8, 4) is 0 Å². The summed E-state index contributed by atoms with van der Waals surface area (Å²) in [6.45, 7) is 25.6. The Kier molecular flexibility index (Phi) is 27.6. The number of benzene rings is 8. The van der Waals surface area contributed by atoms with Crippen LogP contribution in [0.4, 0.5) is 17.1 Å². The van der Waals surface area contributed by atoms with Crippen LogP contribution in [0.15, 0.2) is 305 Å². The molecule has 1 aromatic heterocycles. The number of ketones is 4. The fourth-order valence-electron chi connectivity index (χ4n) is 17.2. The van der Waals surface area contributed by atoms with Crippen molar-refractivity contribution >= 4 is 92.0 Å². The molecule has 15 nitrogen and oxygen atoms in total. The normalized spacial score (nSPS) is 17.2. The standard InChI is InChI=1S/C49H44N2O3.C29H35N3O3.C26H23NO3.4CH4/c1-5-38(51-45-16-10-8-12-41(45)42-13-9-11-17-46(42)51)28-32(2)36-23-18-35(19-24-36)31-50(4)39-25-20-34(21-26-39)22-27-40-30-37(29-33(3)54-40)47-48(52)43-14-6-7-15-44(43)49(47)53;1-18-14-20(24-26(33)30(6)31(7)27(24)34)17-21(35-18)9-8-19-15-22-25-23(16-19)29(4,5)11-13-32(25)12-10-28(22,2)3;1-4-27(3)20-12-9-18(10-13-20)11-14-21-16-19(15-17(2)30-21)24-25(28)22-7-5-6-8-23(22)26(24)29;;;;/h6-27,29-30,32,38H,5,28,31H2,1-4H3;8-9,14-17H,10-13H2,1-7H3;5-16H,4H2,1-3H3;4*1H4/b27-22+;9-8+;14-11+;;;;. The molecular formula is C108H118N6O9. The van der Waals surface area contributed by atoms with Gasteiger partial charge in [0.05, 0.1) is 11.1 Å². The zero-order chi connectivity index (χ0) is 83.9. The number of Topliss-reactive ketones (excluding diaryl/α,β-unsaturated/α-hetero) is 4. The molecule has 2 unspecified atom stereocenters. The van der Waals surface area contributed by atoms with Gasteiger partial charge in [0.1, 0.15) is 40.1 Å². The zero-order valence-electron chi connectivity index (χ0n) is 70.4. The lowest BCUT2D eigenvalue weighted by molar-refractivity contribution is -0.141. The highest BCUT2D eigenvalue weighted by Gasteiger charge is 2.42. The summed E-state index contributed by atoms with van der Waals surface area (Å²) in [5.41, 5.74) is 19.4. The minimum Gasteiger partial charge on any atom is -0.462 e. The number of fused-ring (bicyclic) bond motifs is 5. The number of amides is 2. The quantitative estimate of drug-likeness (QED) is 0.0669. The molecule has 17 rings (SSSR count). The van der Waals surface area contributed by atoms with Gasteiger partial charge in [-0.3, -0.25) is 38.8 Å². The van der Waals surface area contributed by atoms with E-state index < -0.39 is 0 Å². The third-order valence-corrected chi connectivity index (χ3v) is 24.3. The van der Waals surface area contributed by atoms with E-state index in [1.165, 1.54) is 59.8 Å². The summed E-state index contributed by atoms with van der Waals surface area (Å²) in [4.78, 5) is 84.1. The van der Waals surface area contributed by atoms with Gasteiger partial charge in [-0.05, 0) is 229 Å². The summed E-state index contributed by atoms with van der Waals surface area (Å²) in [6, 6.07) is 62.4. The average molecular weight is 1640 g/mol. The van der Waals surface area contributed by atoms with Crippen LogP contribution >= 0.6 is 0 Å². The molecule has 0 saturated carbocycles. The number of rotatable bonds is 16. The molecule has 9 aromatic rings. The van der Waals surface area contributed by atoms with Gasteiger partial charge in [0.25, 0.3) is 11.8 Å². The van der Waals surface area contributed by atoms with Gasteiger partial charge in [-0.2, -0.15) is 0 Å². The number of para-hydroxylation sites is 2. The summed E-state index contributed by atoms with van der Waals surface area (Å²) >= 11 is 0. The molecule has 0 radical (unpaired) electrons. The van der Waals surface area contributed by atoms with Gasteiger partial charge in [-0.1, -0.05) is 223 Å². The number of hydrogen-bond acceptors (Lipinski definition) is 12. The van der Waals surface area contributed by atoms with E-state index in [1.807, 2.05) is 63.3 Å². The van der Waals surface area contributed by atoms with Crippen molar-refractivity contribution in [2.45, 2.75) is 154 Å². The van der Waals surface area contributed by atoms with E-state index in [0.717, 1.165) is 79.9 Å². The Labute approximate surface area is 727 Å². The van der Waals surface area contributed by atoms with E-state index in [-0.39, 0.29) is 92.2 Å². The Bertz CT molecular complexity index is 5870. The zero-order valence-corrected chi connectivity index (χ0v) is 70.4. The number of carbonyl (C=O) groups is 6. The lowest BCUT2D eigenvalue weighted by Gasteiger charge is -2.48. The summed E-state index contributed by atoms with van der Waals surface area (Å²) < 4.78 is 20.2. The van der Waals surface area contributed by atoms with Gasteiger partial charge in [0.15, 0.2) is 23.1 Å². The van der Waals surface area contributed by atoms with Gasteiger partial charge in [-0.25, -0.2) is 0 Å². The highest BCUT2D eigenvalue weighted by Crippen LogP contribution is 2.50. The number of likely N-dealkylation sites (N-methyl/N-ethyl adjacent to an activating group) is 2. The maximum absolute atomic E-state index is 13.1. The van der Waals surface area contributed by atoms with E-state index >= 15 is 0 Å². The Morgan fingerprint density at radius 1 is 0.439 bits per heavy atom. The van der Waals surface area contributed by atoms with Crippen molar-refractivity contribution in [2.75, 3.05) is 62.5 Å². The second-order valence-electron chi connectivity index (χ2n) is 33.4. The maximum atomic E-state index is 13.1. The van der Waals surface area contributed by atoms with Crippen molar-refractivity contribution < 1.29 is 43.0 Å². The number of allylic oxidation sites excluding steroid dienone is 17. The molecule has 0 bridgehead atoms. The number of hydrogen-bond donors (Lipinski definition) is 0. The Balaban J connectivity index is 0.000000186. The average Bonchev–Trinajstić information content (AvgIpc) is 1.68. The lowest BCUT2D eigenvalue weighted by atomic mass is 9.69. The van der Waals surface area contributed by atoms with E-state index in [9.17, 15) is 28.8 Å². The predicted molar refractivity (Wildman–Crippen MR) is 506 cm³/mol. The summed E-state index contributed by atoms with van der Waals surface area (Å²) in [7, 11) is 7.37. The molecule has 15 heteroatoms. The Hall–Kier alpha value is -13.1. The third kappa shape index (κ3) is 18.4. The molecule has 2 atom stereocenters. The van der Waals surface area contributed by atoms with E-state index in [2.05, 4.69) is 209 Å². The fraction of sp³-hybridized carbons (Fsp3) is 0.278. The largest absolute Gasteiger partial charge is 0.462 e. The smallest absolute Gasteiger partial charge is 0.278 e. The van der Waals surface area contributed by atoms with Crippen LogP contribution in [0, 0.1) is 0 Å². The lowest BCUT2D eigenvalue weighted by Crippen LogP contribution is -2.44. The molecule has 123 heavy (non-hydrogen) atoms. The van der Waals surface area contributed by atoms with Gasteiger partial charge >= 0.3 is 0 Å². The molecule has 8 aromatic carbocycles. The number of ether oxygens (including phenoxy) is 3. The van der Waals surface area contributed by atoms with Gasteiger partial charge in [0.2, 0.25) is 0 Å². The fourth-order valence-corrected chi connectivity index (χ4v) is 17.2. The highest BCUT2D eigenvalue weighted by atomic mass is 16.5. The SMILES string of the molecule is C.C.C.C.CC1=CC(=C2C(=O)N(C)N(C)C2=O)C=C(/C=C/c2cc3c4c(c2)C(C)(C)CCN4CCC3(C)C)O1.CCC(CC(C)c1ccc(CN(C)c2ccc(/C=C/C3=CC(=C4C(=O)c5ccccc5C4=O)C=C(C)O3)cc2)cc1)n1c2ccccc2c2ccccc21.CCN(C)c1ccc(/C=C/C2=CC(=C3C(=O)c4ccccc4C3=O)C=C(C)O2)cc1. The molecule has 0 spiro atoms. The van der Waals surface area contributed by atoms with Crippen LogP contribution in [0.25, 0.3) is 40.0 Å². The number of carbonyl (C=O) groups excluding carboxylic acids is 6. The van der Waals surface area contributed by atoms with Crippen LogP contribution in [0.3, 0.4) is 0 Å². The highest BCUT2D eigenvalue weighted by molar-refractivity contribution is 6.41. The van der Waals surface area contributed by atoms with Crippen LogP contribution < -0.4 is 14.7 Å². The first-order valence-electron chi connectivity index (χ1n) is 41.2. The van der Waals surface area contributed by atoms with Crippen molar-refractivity contribution in [3.63, 3.8) is 0 Å². The summed E-state index contributed by atoms with van der Waals surface area (Å²) in [6.07, 6.45) is 26.7. The number of anilines is 3. The van der Waals surface area contributed by atoms with Crippen molar-refractivity contribution in [3.05, 3.63) is 366 Å². The number of nitrogens with zero attached hydrogens (tertiary/aromatic N) is 6.